The van der Waals surface area contributed by atoms with Gasteiger partial charge in [-0.25, -0.2) is 0 Å². The summed E-state index contributed by atoms with van der Waals surface area (Å²) in [5.41, 5.74) is 2.60. The molecule has 1 N–H and O–H groups in total. The number of likely N-dealkylation sites (tertiary alicyclic amines) is 1. The Balaban J connectivity index is 1.61. The van der Waals surface area contributed by atoms with Gasteiger partial charge in [-0.05, 0) is 36.1 Å². The quantitative estimate of drug-likeness (QED) is 0.865. The molecule has 1 aliphatic rings. The van der Waals surface area contributed by atoms with Crippen molar-refractivity contribution in [1.29, 1.82) is 0 Å². The molecule has 28 heavy (non-hydrogen) atoms. The molecular weight excluding hydrogens is 356 g/mol. The lowest BCUT2D eigenvalue weighted by Gasteiger charge is -2.32. The highest BCUT2D eigenvalue weighted by molar-refractivity contribution is 5.96. The maximum Gasteiger partial charge on any atom is 0.308 e. The number of nitrogens with zero attached hydrogens (tertiary/aromatic N) is 2. The van der Waals surface area contributed by atoms with Crippen molar-refractivity contribution in [3.8, 4) is 11.1 Å². The Morgan fingerprint density at radius 3 is 2.32 bits per heavy atom. The molecule has 146 valence electrons. The average Bonchev–Trinajstić information content (AvgIpc) is 2.74. The number of carboxylic acids is 1. The molecule has 2 aromatic carbocycles. The van der Waals surface area contributed by atoms with Gasteiger partial charge in [0, 0.05) is 25.7 Å². The molecule has 1 unspecified atom stereocenters. The summed E-state index contributed by atoms with van der Waals surface area (Å²) in [5, 5.41) is 9.16. The Kier molecular flexibility index (Phi) is 6.09. The molecule has 0 bridgehead atoms. The number of piperidine rings is 1. The Bertz CT molecular complexity index is 849. The van der Waals surface area contributed by atoms with E-state index in [0.717, 1.165) is 11.1 Å². The van der Waals surface area contributed by atoms with Gasteiger partial charge in [-0.3, -0.25) is 14.4 Å². The molecule has 1 atom stereocenters. The molecule has 3 rings (SSSR count). The number of hydrogen-bond acceptors (Lipinski definition) is 3. The monoisotopic (exact) mass is 380 g/mol. The molecule has 2 amide bonds. The lowest BCUT2D eigenvalue weighted by Crippen LogP contribution is -2.46. The number of aliphatic carboxylic acids is 1. The fourth-order valence-electron chi connectivity index (χ4n) is 3.44. The van der Waals surface area contributed by atoms with E-state index >= 15 is 0 Å². The van der Waals surface area contributed by atoms with Crippen molar-refractivity contribution >= 4 is 17.8 Å². The summed E-state index contributed by atoms with van der Waals surface area (Å²) in [7, 11) is 1.59. The number of rotatable bonds is 5. The molecule has 0 aromatic heterocycles. The van der Waals surface area contributed by atoms with Crippen LogP contribution in [0.25, 0.3) is 11.1 Å². The van der Waals surface area contributed by atoms with Crippen LogP contribution in [0.4, 0.5) is 0 Å². The van der Waals surface area contributed by atoms with Crippen LogP contribution in [0.5, 0.6) is 0 Å². The van der Waals surface area contributed by atoms with Crippen LogP contribution >= 0.6 is 0 Å². The number of amides is 2. The second-order valence-corrected chi connectivity index (χ2v) is 7.12. The number of carbonyl (C=O) groups excluding carboxylic acids is 2. The zero-order valence-corrected chi connectivity index (χ0v) is 15.9. The van der Waals surface area contributed by atoms with E-state index in [9.17, 15) is 14.4 Å². The Morgan fingerprint density at radius 1 is 1.04 bits per heavy atom. The second-order valence-electron chi connectivity index (χ2n) is 7.12. The standard InChI is InChI=1S/C22H24N2O4/c1-23(15-20(25)24-13-5-8-19(14-24)22(27)28)21(26)18-11-9-17(10-12-18)16-6-3-2-4-7-16/h2-4,6-7,9-12,19H,5,8,13-15H2,1H3,(H,27,28). The third kappa shape index (κ3) is 4.57. The summed E-state index contributed by atoms with van der Waals surface area (Å²) in [5.74, 6) is -1.85. The second kappa shape index (κ2) is 8.69. The summed E-state index contributed by atoms with van der Waals surface area (Å²) >= 11 is 0. The van der Waals surface area contributed by atoms with Crippen LogP contribution in [0.3, 0.4) is 0 Å². The Hall–Kier alpha value is -3.15. The molecule has 0 aliphatic carbocycles. The Morgan fingerprint density at radius 2 is 1.68 bits per heavy atom. The normalized spacial score (nSPS) is 16.5. The smallest absolute Gasteiger partial charge is 0.308 e. The largest absolute Gasteiger partial charge is 0.481 e. The maximum absolute atomic E-state index is 12.6. The average molecular weight is 380 g/mol. The van der Waals surface area contributed by atoms with Crippen LogP contribution in [0.2, 0.25) is 0 Å². The molecule has 1 aliphatic heterocycles. The Labute approximate surface area is 164 Å². The lowest BCUT2D eigenvalue weighted by molar-refractivity contribution is -0.145. The van der Waals surface area contributed by atoms with Crippen molar-refractivity contribution in [2.45, 2.75) is 12.8 Å². The molecule has 1 heterocycles. The van der Waals surface area contributed by atoms with Crippen molar-refractivity contribution in [3.63, 3.8) is 0 Å². The van der Waals surface area contributed by atoms with Gasteiger partial charge in [0.2, 0.25) is 5.91 Å². The van der Waals surface area contributed by atoms with Gasteiger partial charge in [0.05, 0.1) is 12.5 Å². The third-order valence-corrected chi connectivity index (χ3v) is 5.08. The van der Waals surface area contributed by atoms with Gasteiger partial charge in [-0.15, -0.1) is 0 Å². The van der Waals surface area contributed by atoms with Gasteiger partial charge in [0.15, 0.2) is 0 Å². The van der Waals surface area contributed by atoms with Gasteiger partial charge < -0.3 is 14.9 Å². The molecular formula is C22H24N2O4. The molecule has 0 saturated carbocycles. The first-order valence-corrected chi connectivity index (χ1v) is 9.37. The van der Waals surface area contributed by atoms with Crippen molar-refractivity contribution in [1.82, 2.24) is 9.80 Å². The topological polar surface area (TPSA) is 77.9 Å². The first kappa shape index (κ1) is 19.6. The van der Waals surface area contributed by atoms with E-state index in [-0.39, 0.29) is 24.9 Å². The van der Waals surface area contributed by atoms with E-state index in [1.807, 2.05) is 42.5 Å². The number of carboxylic acid groups (broad SMARTS) is 1. The van der Waals surface area contributed by atoms with Gasteiger partial charge in [0.1, 0.15) is 0 Å². The fraction of sp³-hybridized carbons (Fsp3) is 0.318. The lowest BCUT2D eigenvalue weighted by atomic mass is 9.98. The molecule has 0 spiro atoms. The first-order chi connectivity index (χ1) is 13.5. The van der Waals surface area contributed by atoms with E-state index < -0.39 is 11.9 Å². The predicted octanol–water partition coefficient (Wildman–Crippen LogP) is 2.75. The van der Waals surface area contributed by atoms with Crippen molar-refractivity contribution in [2.75, 3.05) is 26.7 Å². The minimum absolute atomic E-state index is 0.0639. The van der Waals surface area contributed by atoms with Crippen LogP contribution in [0.1, 0.15) is 23.2 Å². The maximum atomic E-state index is 12.6. The van der Waals surface area contributed by atoms with E-state index in [2.05, 4.69) is 0 Å². The number of hydrogen-bond donors (Lipinski definition) is 1. The van der Waals surface area contributed by atoms with Gasteiger partial charge >= 0.3 is 5.97 Å². The summed E-state index contributed by atoms with van der Waals surface area (Å²) in [6.07, 6.45) is 1.25. The predicted molar refractivity (Wildman–Crippen MR) is 106 cm³/mol. The van der Waals surface area contributed by atoms with E-state index in [1.54, 1.807) is 24.1 Å². The third-order valence-electron chi connectivity index (χ3n) is 5.08. The molecule has 1 saturated heterocycles. The van der Waals surface area contributed by atoms with Crippen LogP contribution in [0.15, 0.2) is 54.6 Å². The first-order valence-electron chi connectivity index (χ1n) is 9.37. The number of likely N-dealkylation sites (N-methyl/N-ethyl adjacent to an activating group) is 1. The van der Waals surface area contributed by atoms with Crippen LogP contribution < -0.4 is 0 Å². The highest BCUT2D eigenvalue weighted by Gasteiger charge is 2.29. The number of carbonyl (C=O) groups is 3. The molecule has 6 heteroatoms. The van der Waals surface area contributed by atoms with Gasteiger partial charge in [0.25, 0.3) is 5.91 Å². The van der Waals surface area contributed by atoms with Crippen LogP contribution in [-0.2, 0) is 9.59 Å². The van der Waals surface area contributed by atoms with E-state index in [1.165, 1.54) is 4.90 Å². The zero-order valence-electron chi connectivity index (χ0n) is 15.9. The van der Waals surface area contributed by atoms with E-state index in [0.29, 0.717) is 24.9 Å². The minimum Gasteiger partial charge on any atom is -0.481 e. The highest BCUT2D eigenvalue weighted by Crippen LogP contribution is 2.20. The molecule has 6 nitrogen and oxygen atoms in total. The van der Waals surface area contributed by atoms with Gasteiger partial charge in [-0.1, -0.05) is 42.5 Å². The highest BCUT2D eigenvalue weighted by atomic mass is 16.4. The summed E-state index contributed by atoms with van der Waals surface area (Å²) < 4.78 is 0. The summed E-state index contributed by atoms with van der Waals surface area (Å²) in [4.78, 5) is 39.2. The molecule has 2 aromatic rings. The summed E-state index contributed by atoms with van der Waals surface area (Å²) in [6, 6.07) is 17.2. The minimum atomic E-state index is -0.875. The van der Waals surface area contributed by atoms with Gasteiger partial charge in [-0.2, -0.15) is 0 Å². The zero-order chi connectivity index (χ0) is 20.1. The molecule has 0 radical (unpaired) electrons. The number of benzene rings is 2. The van der Waals surface area contributed by atoms with E-state index in [4.69, 9.17) is 5.11 Å². The van der Waals surface area contributed by atoms with Crippen LogP contribution in [-0.4, -0.2) is 59.4 Å². The summed E-state index contributed by atoms with van der Waals surface area (Å²) in [6.45, 7) is 0.685. The molecule has 1 fully saturated rings. The fourth-order valence-corrected chi connectivity index (χ4v) is 3.44. The van der Waals surface area contributed by atoms with Crippen molar-refractivity contribution in [2.24, 2.45) is 5.92 Å². The van der Waals surface area contributed by atoms with Crippen LogP contribution in [0, 0.1) is 5.92 Å². The SMILES string of the molecule is CN(CC(=O)N1CCCC(C(=O)O)C1)C(=O)c1ccc(-c2ccccc2)cc1. The van der Waals surface area contributed by atoms with Crippen molar-refractivity contribution in [3.05, 3.63) is 60.2 Å². The van der Waals surface area contributed by atoms with Crippen molar-refractivity contribution < 1.29 is 19.5 Å².